The number of rotatable bonds is 5. The number of carbonyl (C=O) groups excluding carboxylic acids is 1. The topological polar surface area (TPSA) is 32.3 Å². The summed E-state index contributed by atoms with van der Waals surface area (Å²) >= 11 is 0. The quantitative estimate of drug-likeness (QED) is 0.801. The molecule has 1 aliphatic rings. The molecule has 100 valence electrons. The second-order valence-corrected chi connectivity index (χ2v) is 6.20. The molecule has 1 saturated heterocycles. The first-order valence-electron chi connectivity index (χ1n) is 6.88. The number of nitrogens with zero attached hydrogens (tertiary/aromatic N) is 1. The molecule has 0 radical (unpaired) electrons. The normalized spacial score (nSPS) is 30.1. The maximum atomic E-state index is 12.5. The molecule has 3 nitrogen and oxygen atoms in total. The van der Waals surface area contributed by atoms with Crippen LogP contribution in [0.5, 0.6) is 0 Å². The van der Waals surface area contributed by atoms with E-state index < -0.39 is 0 Å². The molecule has 2 atom stereocenters. The number of amides is 1. The molecule has 17 heavy (non-hydrogen) atoms. The van der Waals surface area contributed by atoms with E-state index >= 15 is 0 Å². The highest BCUT2D eigenvalue weighted by Crippen LogP contribution is 2.30. The molecule has 3 heteroatoms. The smallest absolute Gasteiger partial charge is 0.243 e. The van der Waals surface area contributed by atoms with Crippen molar-refractivity contribution >= 4 is 5.91 Å². The summed E-state index contributed by atoms with van der Waals surface area (Å²) in [5.41, 5.74) is -0.158. The predicted molar refractivity (Wildman–Crippen MR) is 71.7 cm³/mol. The van der Waals surface area contributed by atoms with Gasteiger partial charge in [0.05, 0.1) is 11.7 Å². The van der Waals surface area contributed by atoms with Crippen molar-refractivity contribution in [1.82, 2.24) is 10.2 Å². The van der Waals surface area contributed by atoms with Crippen LogP contribution in [0.15, 0.2) is 0 Å². The van der Waals surface area contributed by atoms with Crippen LogP contribution in [-0.2, 0) is 4.79 Å². The predicted octanol–water partition coefficient (Wildman–Crippen LogP) is 2.76. The van der Waals surface area contributed by atoms with Gasteiger partial charge >= 0.3 is 0 Å². The van der Waals surface area contributed by atoms with Gasteiger partial charge in [-0.25, -0.2) is 0 Å². The molecule has 0 spiro atoms. The van der Waals surface area contributed by atoms with E-state index in [-0.39, 0.29) is 23.0 Å². The number of hydrogen-bond donors (Lipinski definition) is 1. The number of nitrogens with one attached hydrogen (secondary N) is 1. The zero-order chi connectivity index (χ0) is 13.3. The summed E-state index contributed by atoms with van der Waals surface area (Å²) in [6.45, 7) is 13.7. The van der Waals surface area contributed by atoms with Crippen molar-refractivity contribution in [2.24, 2.45) is 5.41 Å². The summed E-state index contributed by atoms with van der Waals surface area (Å²) in [4.78, 5) is 14.5. The van der Waals surface area contributed by atoms with Gasteiger partial charge < -0.3 is 4.90 Å². The third-order valence-corrected chi connectivity index (χ3v) is 4.24. The minimum absolute atomic E-state index is 0.198. The van der Waals surface area contributed by atoms with Crippen LogP contribution < -0.4 is 5.32 Å². The zero-order valence-electron chi connectivity index (χ0n) is 12.3. The van der Waals surface area contributed by atoms with E-state index in [1.165, 1.54) is 0 Å². The highest BCUT2D eigenvalue weighted by atomic mass is 16.2. The van der Waals surface area contributed by atoms with Gasteiger partial charge in [0.1, 0.15) is 0 Å². The van der Waals surface area contributed by atoms with Crippen molar-refractivity contribution in [2.75, 3.05) is 6.54 Å². The molecular weight excluding hydrogens is 212 g/mol. The van der Waals surface area contributed by atoms with Crippen molar-refractivity contribution < 1.29 is 4.79 Å². The Morgan fingerprint density at radius 1 is 1.35 bits per heavy atom. The van der Waals surface area contributed by atoms with Crippen molar-refractivity contribution in [3.05, 3.63) is 0 Å². The molecule has 2 unspecified atom stereocenters. The van der Waals surface area contributed by atoms with Gasteiger partial charge in [-0.15, -0.1) is 0 Å². The highest BCUT2D eigenvalue weighted by molar-refractivity contribution is 5.88. The third kappa shape index (κ3) is 2.82. The lowest BCUT2D eigenvalue weighted by Crippen LogP contribution is -2.44. The van der Waals surface area contributed by atoms with Crippen LogP contribution in [0.2, 0.25) is 0 Å². The first-order valence-corrected chi connectivity index (χ1v) is 6.88. The van der Waals surface area contributed by atoms with E-state index in [0.29, 0.717) is 0 Å². The van der Waals surface area contributed by atoms with Gasteiger partial charge in [0.15, 0.2) is 0 Å². The van der Waals surface area contributed by atoms with E-state index in [1.807, 2.05) is 11.8 Å². The molecule has 0 aromatic carbocycles. The van der Waals surface area contributed by atoms with Gasteiger partial charge in [0, 0.05) is 6.54 Å². The molecular formula is C14H28N2O. The fraction of sp³-hybridized carbons (Fsp3) is 0.929. The fourth-order valence-corrected chi connectivity index (χ4v) is 2.30. The van der Waals surface area contributed by atoms with Crippen molar-refractivity contribution in [2.45, 2.75) is 72.5 Å². The van der Waals surface area contributed by atoms with Crippen LogP contribution in [0.4, 0.5) is 0 Å². The molecule has 0 aliphatic carbocycles. The van der Waals surface area contributed by atoms with Crippen LogP contribution >= 0.6 is 0 Å². The van der Waals surface area contributed by atoms with Crippen LogP contribution in [-0.4, -0.2) is 29.1 Å². The van der Waals surface area contributed by atoms with Gasteiger partial charge in [-0.3, -0.25) is 10.1 Å². The Bertz CT molecular complexity index is 288. The largest absolute Gasteiger partial charge is 0.325 e. The summed E-state index contributed by atoms with van der Waals surface area (Å²) < 4.78 is 0. The fourth-order valence-electron chi connectivity index (χ4n) is 2.30. The summed E-state index contributed by atoms with van der Waals surface area (Å²) in [6.07, 6.45) is 3.13. The first-order chi connectivity index (χ1) is 7.79. The monoisotopic (exact) mass is 240 g/mol. The molecule has 1 amide bonds. The Hall–Kier alpha value is -0.570. The average Bonchev–Trinajstić information content (AvgIpc) is 2.54. The van der Waals surface area contributed by atoms with Crippen molar-refractivity contribution in [3.63, 3.8) is 0 Å². The Labute approximate surface area is 106 Å². The Morgan fingerprint density at radius 2 is 1.94 bits per heavy atom. The lowest BCUT2D eigenvalue weighted by atomic mass is 9.89. The minimum Gasteiger partial charge on any atom is -0.325 e. The van der Waals surface area contributed by atoms with Gasteiger partial charge in [-0.1, -0.05) is 34.6 Å². The molecule has 1 N–H and O–H groups in total. The maximum Gasteiger partial charge on any atom is 0.243 e. The Balaban J connectivity index is 2.87. The Morgan fingerprint density at radius 3 is 2.35 bits per heavy atom. The summed E-state index contributed by atoms with van der Waals surface area (Å²) in [7, 11) is 0. The Kier molecular flexibility index (Phi) is 4.23. The average molecular weight is 240 g/mol. The lowest BCUT2D eigenvalue weighted by molar-refractivity contribution is -0.134. The van der Waals surface area contributed by atoms with Crippen molar-refractivity contribution in [3.8, 4) is 0 Å². The molecule has 0 saturated carbocycles. The SMILES string of the molecule is CCC1NC(C)(CC)C(=O)N1CC(C)(C)CC. The van der Waals surface area contributed by atoms with Crippen LogP contribution in [0.25, 0.3) is 0 Å². The van der Waals surface area contributed by atoms with Crippen LogP contribution in [0.3, 0.4) is 0 Å². The second kappa shape index (κ2) is 4.97. The van der Waals surface area contributed by atoms with Gasteiger partial charge in [0.25, 0.3) is 0 Å². The summed E-state index contributed by atoms with van der Waals surface area (Å²) in [5, 5.41) is 3.49. The summed E-state index contributed by atoms with van der Waals surface area (Å²) in [6, 6.07) is 0. The zero-order valence-corrected chi connectivity index (χ0v) is 12.3. The van der Waals surface area contributed by atoms with Gasteiger partial charge in [0.2, 0.25) is 5.91 Å². The van der Waals surface area contributed by atoms with E-state index in [9.17, 15) is 4.79 Å². The number of carbonyl (C=O) groups is 1. The molecule has 1 rings (SSSR count). The molecule has 0 aromatic rings. The summed E-state index contributed by atoms with van der Waals surface area (Å²) in [5.74, 6) is 0.272. The highest BCUT2D eigenvalue weighted by Gasteiger charge is 2.46. The molecule has 1 fully saturated rings. The van der Waals surface area contributed by atoms with E-state index in [0.717, 1.165) is 25.8 Å². The lowest BCUT2D eigenvalue weighted by Gasteiger charge is -2.32. The molecule has 1 heterocycles. The molecule has 1 aliphatic heterocycles. The van der Waals surface area contributed by atoms with E-state index in [4.69, 9.17) is 0 Å². The number of hydrogen-bond acceptors (Lipinski definition) is 2. The molecule has 0 bridgehead atoms. The first kappa shape index (κ1) is 14.5. The maximum absolute atomic E-state index is 12.5. The standard InChI is InChI=1S/C14H28N2O/c1-7-11-15-14(6,9-3)12(17)16(11)10-13(4,5)8-2/h11,15H,7-10H2,1-6H3. The van der Waals surface area contributed by atoms with E-state index in [2.05, 4.69) is 39.9 Å². The van der Waals surface area contributed by atoms with Gasteiger partial charge in [-0.05, 0) is 31.6 Å². The van der Waals surface area contributed by atoms with Crippen LogP contribution in [0, 0.1) is 5.41 Å². The van der Waals surface area contributed by atoms with Crippen LogP contribution in [0.1, 0.15) is 60.8 Å². The second-order valence-electron chi connectivity index (χ2n) is 6.20. The van der Waals surface area contributed by atoms with Gasteiger partial charge in [-0.2, -0.15) is 0 Å². The molecule has 0 aromatic heterocycles. The van der Waals surface area contributed by atoms with E-state index in [1.54, 1.807) is 0 Å². The van der Waals surface area contributed by atoms with Crippen molar-refractivity contribution in [1.29, 1.82) is 0 Å². The third-order valence-electron chi connectivity index (χ3n) is 4.24. The minimum atomic E-state index is -0.357.